The number of amides is 1. The summed E-state index contributed by atoms with van der Waals surface area (Å²) in [7, 11) is 0. The standard InChI is InChI=1S/C26H27Cl2NO5/c1-4-16(5-2)12-15(3)23(26(31)32)29-25(30)19-7-9-22-18(10-11-33-22)24(19)34-14-17-6-8-20(27)21(28)13-17/h6-11,13,16,23H,3-5,12,14H2,1-2H3,(H,29,30)(H,31,32)/t23-/m0/s1. The molecule has 0 fully saturated rings. The molecule has 2 aromatic carbocycles. The number of aliphatic carboxylic acids is 1. The summed E-state index contributed by atoms with van der Waals surface area (Å²) < 4.78 is 11.5. The Morgan fingerprint density at radius 3 is 2.50 bits per heavy atom. The number of carboxylic acid groups (broad SMARTS) is 1. The first-order valence-corrected chi connectivity index (χ1v) is 11.8. The Hall–Kier alpha value is -2.96. The third-order valence-electron chi connectivity index (χ3n) is 5.83. The predicted octanol–water partition coefficient (Wildman–Crippen LogP) is 6.88. The van der Waals surface area contributed by atoms with Crippen molar-refractivity contribution in [2.45, 2.75) is 45.8 Å². The van der Waals surface area contributed by atoms with E-state index in [-0.39, 0.29) is 17.9 Å². The van der Waals surface area contributed by atoms with Crippen LogP contribution in [-0.4, -0.2) is 23.0 Å². The number of carbonyl (C=O) groups excluding carboxylic acids is 1. The van der Waals surface area contributed by atoms with Gasteiger partial charge in [-0.05, 0) is 53.8 Å². The molecule has 3 rings (SSSR count). The molecule has 0 aliphatic rings. The van der Waals surface area contributed by atoms with Gasteiger partial charge in [0.2, 0.25) is 0 Å². The number of ether oxygens (including phenoxy) is 1. The molecule has 1 heterocycles. The zero-order valence-corrected chi connectivity index (χ0v) is 20.6. The molecule has 180 valence electrons. The molecule has 1 amide bonds. The summed E-state index contributed by atoms with van der Waals surface area (Å²) in [6.07, 6.45) is 3.82. The predicted molar refractivity (Wildman–Crippen MR) is 134 cm³/mol. The Balaban J connectivity index is 1.87. The molecular weight excluding hydrogens is 477 g/mol. The van der Waals surface area contributed by atoms with Crippen molar-refractivity contribution in [1.82, 2.24) is 5.32 Å². The average Bonchev–Trinajstić information content (AvgIpc) is 3.30. The highest BCUT2D eigenvalue weighted by molar-refractivity contribution is 6.42. The van der Waals surface area contributed by atoms with Crippen LogP contribution in [-0.2, 0) is 11.4 Å². The first kappa shape index (κ1) is 25.7. The quantitative estimate of drug-likeness (QED) is 0.278. The second kappa shape index (κ2) is 11.4. The van der Waals surface area contributed by atoms with Crippen molar-refractivity contribution in [2.24, 2.45) is 5.92 Å². The summed E-state index contributed by atoms with van der Waals surface area (Å²) >= 11 is 12.1. The Kier molecular flexibility index (Phi) is 8.64. The Labute approximate surface area is 208 Å². The first-order chi connectivity index (χ1) is 16.2. The second-order valence-electron chi connectivity index (χ2n) is 8.10. The van der Waals surface area contributed by atoms with Gasteiger partial charge in [-0.1, -0.05) is 62.5 Å². The summed E-state index contributed by atoms with van der Waals surface area (Å²) in [5.41, 5.74) is 1.93. The molecule has 1 aromatic heterocycles. The zero-order valence-electron chi connectivity index (χ0n) is 19.1. The van der Waals surface area contributed by atoms with Gasteiger partial charge in [-0.25, -0.2) is 4.79 Å². The molecule has 8 heteroatoms. The summed E-state index contributed by atoms with van der Waals surface area (Å²) in [6, 6.07) is 8.79. The normalized spacial score (nSPS) is 12.0. The van der Waals surface area contributed by atoms with Crippen LogP contribution in [0.5, 0.6) is 5.75 Å². The van der Waals surface area contributed by atoms with E-state index in [1.165, 1.54) is 6.26 Å². The van der Waals surface area contributed by atoms with E-state index in [0.717, 1.165) is 18.4 Å². The third kappa shape index (κ3) is 5.93. The number of hydrogen-bond acceptors (Lipinski definition) is 4. The van der Waals surface area contributed by atoms with E-state index in [1.54, 1.807) is 36.4 Å². The van der Waals surface area contributed by atoms with Crippen LogP contribution in [0.25, 0.3) is 11.0 Å². The van der Waals surface area contributed by atoms with Gasteiger partial charge in [0.15, 0.2) is 0 Å². The summed E-state index contributed by atoms with van der Waals surface area (Å²) in [6.45, 7) is 8.16. The highest BCUT2D eigenvalue weighted by Gasteiger charge is 2.27. The summed E-state index contributed by atoms with van der Waals surface area (Å²) in [5, 5.41) is 13.8. The topological polar surface area (TPSA) is 88.8 Å². The number of rotatable bonds is 11. The van der Waals surface area contributed by atoms with E-state index in [9.17, 15) is 14.7 Å². The minimum Gasteiger partial charge on any atom is -0.487 e. The van der Waals surface area contributed by atoms with E-state index in [0.29, 0.717) is 38.9 Å². The number of hydrogen-bond donors (Lipinski definition) is 2. The van der Waals surface area contributed by atoms with Crippen molar-refractivity contribution in [1.29, 1.82) is 0 Å². The molecule has 3 aromatic rings. The minimum absolute atomic E-state index is 0.116. The van der Waals surface area contributed by atoms with Crippen LogP contribution in [0.1, 0.15) is 49.0 Å². The van der Waals surface area contributed by atoms with Crippen LogP contribution in [0.4, 0.5) is 0 Å². The molecule has 6 nitrogen and oxygen atoms in total. The number of nitrogens with one attached hydrogen (secondary N) is 1. The molecule has 0 saturated heterocycles. The lowest BCUT2D eigenvalue weighted by Crippen LogP contribution is -2.42. The lowest BCUT2D eigenvalue weighted by molar-refractivity contribution is -0.138. The first-order valence-electron chi connectivity index (χ1n) is 11.0. The maximum absolute atomic E-state index is 13.2. The Morgan fingerprint density at radius 2 is 1.85 bits per heavy atom. The summed E-state index contributed by atoms with van der Waals surface area (Å²) in [5.74, 6) is -1.15. The maximum atomic E-state index is 13.2. The highest BCUT2D eigenvalue weighted by atomic mass is 35.5. The smallest absolute Gasteiger partial charge is 0.330 e. The van der Waals surface area contributed by atoms with Gasteiger partial charge >= 0.3 is 5.97 Å². The van der Waals surface area contributed by atoms with Crippen molar-refractivity contribution < 1.29 is 23.8 Å². The van der Waals surface area contributed by atoms with Gasteiger partial charge in [-0.2, -0.15) is 0 Å². The maximum Gasteiger partial charge on any atom is 0.330 e. The van der Waals surface area contributed by atoms with Gasteiger partial charge in [0.1, 0.15) is 24.0 Å². The highest BCUT2D eigenvalue weighted by Crippen LogP contribution is 2.32. The molecule has 2 N–H and O–H groups in total. The second-order valence-corrected chi connectivity index (χ2v) is 8.92. The fourth-order valence-electron chi connectivity index (χ4n) is 3.75. The van der Waals surface area contributed by atoms with Crippen LogP contribution in [0.15, 0.2) is 59.2 Å². The fraction of sp³-hybridized carbons (Fsp3) is 0.308. The van der Waals surface area contributed by atoms with E-state index < -0.39 is 17.9 Å². The molecule has 0 bridgehead atoms. The van der Waals surface area contributed by atoms with Crippen LogP contribution < -0.4 is 10.1 Å². The van der Waals surface area contributed by atoms with Crippen LogP contribution >= 0.6 is 23.2 Å². The number of halogens is 2. The average molecular weight is 504 g/mol. The molecule has 1 atom stereocenters. The van der Waals surface area contributed by atoms with Crippen molar-refractivity contribution in [3.05, 3.63) is 76.0 Å². The number of carbonyl (C=O) groups is 2. The number of furan rings is 1. The zero-order chi connectivity index (χ0) is 24.8. The van der Waals surface area contributed by atoms with Gasteiger partial charge in [0, 0.05) is 0 Å². The molecule has 0 saturated carbocycles. The number of benzene rings is 2. The fourth-order valence-corrected chi connectivity index (χ4v) is 4.07. The van der Waals surface area contributed by atoms with Gasteiger partial charge in [-0.15, -0.1) is 0 Å². The molecule has 0 spiro atoms. The SMILES string of the molecule is C=C(CC(CC)CC)[C@H](NC(=O)c1ccc2occc2c1OCc1ccc(Cl)c(Cl)c1)C(=O)O. The monoisotopic (exact) mass is 503 g/mol. The van der Waals surface area contributed by atoms with E-state index in [1.807, 2.05) is 13.8 Å². The van der Waals surface area contributed by atoms with Crippen molar-refractivity contribution in [3.8, 4) is 5.75 Å². The summed E-state index contributed by atoms with van der Waals surface area (Å²) in [4.78, 5) is 25.2. The number of fused-ring (bicyclic) bond motifs is 1. The van der Waals surface area contributed by atoms with Crippen molar-refractivity contribution in [3.63, 3.8) is 0 Å². The van der Waals surface area contributed by atoms with E-state index in [2.05, 4.69) is 11.9 Å². The molecular formula is C26H27Cl2NO5. The molecule has 0 aliphatic heterocycles. The minimum atomic E-state index is -1.21. The molecule has 0 aliphatic carbocycles. The van der Waals surface area contributed by atoms with Gasteiger partial charge in [-0.3, -0.25) is 4.79 Å². The Morgan fingerprint density at radius 1 is 1.12 bits per heavy atom. The van der Waals surface area contributed by atoms with Crippen molar-refractivity contribution in [2.75, 3.05) is 0 Å². The van der Waals surface area contributed by atoms with Gasteiger partial charge < -0.3 is 19.6 Å². The van der Waals surface area contributed by atoms with Crippen molar-refractivity contribution >= 4 is 46.0 Å². The molecule has 0 unspecified atom stereocenters. The number of carboxylic acids is 1. The largest absolute Gasteiger partial charge is 0.487 e. The van der Waals surface area contributed by atoms with Crippen LogP contribution in [0, 0.1) is 5.92 Å². The molecule has 0 radical (unpaired) electrons. The van der Waals surface area contributed by atoms with Crippen LogP contribution in [0.2, 0.25) is 10.0 Å². The lowest BCUT2D eigenvalue weighted by Gasteiger charge is -2.21. The lowest BCUT2D eigenvalue weighted by atomic mass is 9.91. The van der Waals surface area contributed by atoms with Gasteiger partial charge in [0.05, 0.1) is 27.3 Å². The van der Waals surface area contributed by atoms with E-state index >= 15 is 0 Å². The molecule has 34 heavy (non-hydrogen) atoms. The van der Waals surface area contributed by atoms with Crippen LogP contribution in [0.3, 0.4) is 0 Å². The third-order valence-corrected chi connectivity index (χ3v) is 6.57. The Bertz CT molecular complexity index is 1200. The van der Waals surface area contributed by atoms with Gasteiger partial charge in [0.25, 0.3) is 5.91 Å². The van der Waals surface area contributed by atoms with E-state index in [4.69, 9.17) is 32.4 Å².